The monoisotopic (exact) mass is 271 g/mol. The van der Waals surface area contributed by atoms with Crippen LogP contribution in [0.2, 0.25) is 0 Å². The van der Waals surface area contributed by atoms with E-state index in [1.165, 1.54) is 0 Å². The van der Waals surface area contributed by atoms with Gasteiger partial charge in [-0.3, -0.25) is 9.59 Å². The van der Waals surface area contributed by atoms with E-state index in [4.69, 9.17) is 0 Å². The Labute approximate surface area is 117 Å². The zero-order valence-corrected chi connectivity index (χ0v) is 12.8. The number of nitrogens with zero attached hydrogens (tertiary/aromatic N) is 1. The minimum absolute atomic E-state index is 0.0435. The summed E-state index contributed by atoms with van der Waals surface area (Å²) in [5, 5.41) is 6.02. The lowest BCUT2D eigenvalue weighted by Crippen LogP contribution is -2.43. The molecular weight excluding hydrogens is 242 g/mol. The van der Waals surface area contributed by atoms with Crippen molar-refractivity contribution in [2.24, 2.45) is 0 Å². The maximum Gasteiger partial charge on any atom is 0.239 e. The lowest BCUT2D eigenvalue weighted by molar-refractivity contribution is -0.136. The van der Waals surface area contributed by atoms with Crippen LogP contribution in [-0.2, 0) is 9.59 Å². The fraction of sp³-hybridized carbons (Fsp3) is 0.857. The Morgan fingerprint density at radius 3 is 2.37 bits per heavy atom. The third kappa shape index (κ3) is 8.59. The van der Waals surface area contributed by atoms with Crippen molar-refractivity contribution in [2.75, 3.05) is 26.2 Å². The smallest absolute Gasteiger partial charge is 0.239 e. The predicted molar refractivity (Wildman–Crippen MR) is 77.9 cm³/mol. The van der Waals surface area contributed by atoms with Crippen molar-refractivity contribution < 1.29 is 9.59 Å². The number of carbonyl (C=O) groups is 2. The SMILES string of the molecule is CCCNC(=O)CN(CCC)C(=O)CC(C)NCC. The van der Waals surface area contributed by atoms with Crippen molar-refractivity contribution in [1.82, 2.24) is 15.5 Å². The molecular formula is C14H29N3O2. The second-order valence-corrected chi connectivity index (χ2v) is 4.83. The summed E-state index contributed by atoms with van der Waals surface area (Å²) in [4.78, 5) is 25.5. The molecule has 0 saturated carbocycles. The van der Waals surface area contributed by atoms with Gasteiger partial charge in [0.05, 0.1) is 6.54 Å². The summed E-state index contributed by atoms with van der Waals surface area (Å²) in [6, 6.07) is 0.149. The molecule has 0 aromatic heterocycles. The molecule has 5 heteroatoms. The van der Waals surface area contributed by atoms with Crippen molar-refractivity contribution in [3.8, 4) is 0 Å². The highest BCUT2D eigenvalue weighted by Gasteiger charge is 2.18. The summed E-state index contributed by atoms with van der Waals surface area (Å²) >= 11 is 0. The molecule has 0 aromatic carbocycles. The van der Waals surface area contributed by atoms with Crippen LogP contribution in [0.3, 0.4) is 0 Å². The molecule has 0 spiro atoms. The van der Waals surface area contributed by atoms with E-state index in [0.717, 1.165) is 19.4 Å². The van der Waals surface area contributed by atoms with E-state index in [9.17, 15) is 9.59 Å². The number of rotatable bonds is 10. The summed E-state index contributed by atoms with van der Waals surface area (Å²) in [5.74, 6) is -0.0262. The van der Waals surface area contributed by atoms with Gasteiger partial charge in [-0.05, 0) is 26.3 Å². The van der Waals surface area contributed by atoms with Crippen molar-refractivity contribution in [3.05, 3.63) is 0 Å². The maximum atomic E-state index is 12.1. The van der Waals surface area contributed by atoms with Crippen molar-refractivity contribution >= 4 is 11.8 Å². The number of hydrogen-bond acceptors (Lipinski definition) is 3. The summed E-state index contributed by atoms with van der Waals surface area (Å²) < 4.78 is 0. The Bertz CT molecular complexity index is 269. The molecule has 0 bridgehead atoms. The molecule has 2 N–H and O–H groups in total. The number of carbonyl (C=O) groups excluding carboxylic acids is 2. The minimum atomic E-state index is -0.0697. The fourth-order valence-electron chi connectivity index (χ4n) is 1.87. The molecule has 0 radical (unpaired) electrons. The number of nitrogens with one attached hydrogen (secondary N) is 2. The van der Waals surface area contributed by atoms with Gasteiger partial charge >= 0.3 is 0 Å². The van der Waals surface area contributed by atoms with Crippen LogP contribution in [0, 0.1) is 0 Å². The first-order valence-electron chi connectivity index (χ1n) is 7.32. The van der Waals surface area contributed by atoms with Crippen LogP contribution in [0.4, 0.5) is 0 Å². The Hall–Kier alpha value is -1.10. The van der Waals surface area contributed by atoms with E-state index in [0.29, 0.717) is 19.5 Å². The summed E-state index contributed by atoms with van der Waals surface area (Å²) in [6.45, 7) is 10.3. The second-order valence-electron chi connectivity index (χ2n) is 4.83. The Kier molecular flexibility index (Phi) is 10.2. The van der Waals surface area contributed by atoms with E-state index >= 15 is 0 Å². The molecule has 0 aromatic rings. The van der Waals surface area contributed by atoms with Gasteiger partial charge in [0.1, 0.15) is 0 Å². The molecule has 112 valence electrons. The molecule has 0 aliphatic rings. The summed E-state index contributed by atoms with van der Waals surface area (Å²) in [6.07, 6.45) is 2.21. The Morgan fingerprint density at radius 2 is 1.84 bits per heavy atom. The highest BCUT2D eigenvalue weighted by atomic mass is 16.2. The van der Waals surface area contributed by atoms with Crippen LogP contribution in [0.1, 0.15) is 47.0 Å². The van der Waals surface area contributed by atoms with Crippen LogP contribution >= 0.6 is 0 Å². The molecule has 19 heavy (non-hydrogen) atoms. The van der Waals surface area contributed by atoms with E-state index in [-0.39, 0.29) is 24.4 Å². The van der Waals surface area contributed by atoms with E-state index in [2.05, 4.69) is 10.6 Å². The summed E-state index contributed by atoms with van der Waals surface area (Å²) in [7, 11) is 0. The van der Waals surface area contributed by atoms with E-state index in [1.54, 1.807) is 4.90 Å². The van der Waals surface area contributed by atoms with Crippen LogP contribution in [-0.4, -0.2) is 48.9 Å². The van der Waals surface area contributed by atoms with Gasteiger partial charge in [-0.25, -0.2) is 0 Å². The largest absolute Gasteiger partial charge is 0.355 e. The van der Waals surface area contributed by atoms with Gasteiger partial charge in [-0.15, -0.1) is 0 Å². The minimum Gasteiger partial charge on any atom is -0.355 e. The third-order valence-corrected chi connectivity index (χ3v) is 2.79. The van der Waals surface area contributed by atoms with Crippen LogP contribution in [0.5, 0.6) is 0 Å². The van der Waals surface area contributed by atoms with Gasteiger partial charge < -0.3 is 15.5 Å². The lowest BCUT2D eigenvalue weighted by Gasteiger charge is -2.23. The van der Waals surface area contributed by atoms with Crippen LogP contribution < -0.4 is 10.6 Å². The second kappa shape index (κ2) is 10.8. The van der Waals surface area contributed by atoms with Crippen molar-refractivity contribution in [2.45, 2.75) is 53.0 Å². The number of amides is 2. The maximum absolute atomic E-state index is 12.1. The molecule has 0 rings (SSSR count). The summed E-state index contributed by atoms with van der Waals surface area (Å²) in [5.41, 5.74) is 0. The topological polar surface area (TPSA) is 61.4 Å². The first-order chi connectivity index (χ1) is 9.04. The highest BCUT2D eigenvalue weighted by Crippen LogP contribution is 2.00. The molecule has 2 amide bonds. The van der Waals surface area contributed by atoms with Crippen LogP contribution in [0.25, 0.3) is 0 Å². The van der Waals surface area contributed by atoms with Gasteiger partial charge in [-0.2, -0.15) is 0 Å². The van der Waals surface area contributed by atoms with Crippen molar-refractivity contribution in [3.63, 3.8) is 0 Å². The lowest BCUT2D eigenvalue weighted by atomic mass is 10.2. The predicted octanol–water partition coefficient (Wildman–Crippen LogP) is 1.14. The Morgan fingerprint density at radius 1 is 1.16 bits per heavy atom. The highest BCUT2D eigenvalue weighted by molar-refractivity contribution is 5.85. The zero-order chi connectivity index (χ0) is 14.7. The quantitative estimate of drug-likeness (QED) is 0.626. The molecule has 0 aliphatic heterocycles. The molecule has 0 heterocycles. The molecule has 0 fully saturated rings. The fourth-order valence-corrected chi connectivity index (χ4v) is 1.87. The molecule has 1 unspecified atom stereocenters. The van der Waals surface area contributed by atoms with Crippen molar-refractivity contribution in [1.29, 1.82) is 0 Å². The molecule has 5 nitrogen and oxygen atoms in total. The van der Waals surface area contributed by atoms with Crippen LogP contribution in [0.15, 0.2) is 0 Å². The first kappa shape index (κ1) is 17.9. The van der Waals surface area contributed by atoms with Gasteiger partial charge in [0, 0.05) is 25.6 Å². The van der Waals surface area contributed by atoms with Gasteiger partial charge in [0.15, 0.2) is 0 Å². The van der Waals surface area contributed by atoms with Gasteiger partial charge in [-0.1, -0.05) is 20.8 Å². The zero-order valence-electron chi connectivity index (χ0n) is 12.8. The normalized spacial score (nSPS) is 12.0. The van der Waals surface area contributed by atoms with E-state index in [1.807, 2.05) is 27.7 Å². The van der Waals surface area contributed by atoms with E-state index < -0.39 is 0 Å². The standard InChI is InChI=1S/C14H29N3O2/c1-5-8-16-13(18)11-17(9-6-2)14(19)10-12(4)15-7-3/h12,15H,5-11H2,1-4H3,(H,16,18). The third-order valence-electron chi connectivity index (χ3n) is 2.79. The average Bonchev–Trinajstić information content (AvgIpc) is 2.36. The van der Waals surface area contributed by atoms with Gasteiger partial charge in [0.2, 0.25) is 11.8 Å². The Balaban J connectivity index is 4.28. The van der Waals surface area contributed by atoms with Gasteiger partial charge in [0.25, 0.3) is 0 Å². The molecule has 1 atom stereocenters. The number of hydrogen-bond donors (Lipinski definition) is 2. The molecule has 0 aliphatic carbocycles. The molecule has 0 saturated heterocycles. The average molecular weight is 271 g/mol. The first-order valence-corrected chi connectivity index (χ1v) is 7.32.